The number of morpholine rings is 1. The van der Waals surface area contributed by atoms with Crippen molar-refractivity contribution in [2.24, 2.45) is 5.73 Å². The molecule has 0 aromatic heterocycles. The lowest BCUT2D eigenvalue weighted by Crippen LogP contribution is -2.40. The summed E-state index contributed by atoms with van der Waals surface area (Å²) >= 11 is 0. The normalized spacial score (nSPS) is 13.6. The molecule has 2 amide bonds. The minimum Gasteiger partial charge on any atom is -0.493 e. The van der Waals surface area contributed by atoms with E-state index in [0.717, 1.165) is 6.42 Å². The summed E-state index contributed by atoms with van der Waals surface area (Å²) in [6, 6.07) is 22.6. The Labute approximate surface area is 187 Å². The Morgan fingerprint density at radius 2 is 1.69 bits per heavy atom. The molecular weight excluding hydrogens is 404 g/mol. The third-order valence-electron chi connectivity index (χ3n) is 5.48. The molecule has 1 saturated heterocycles. The molecule has 1 fully saturated rings. The largest absolute Gasteiger partial charge is 0.493 e. The molecule has 1 heterocycles. The highest BCUT2D eigenvalue weighted by molar-refractivity contribution is 6.02. The minimum absolute atomic E-state index is 0.0572. The first kappa shape index (κ1) is 21.6. The van der Waals surface area contributed by atoms with E-state index in [1.165, 1.54) is 5.56 Å². The van der Waals surface area contributed by atoms with Crippen molar-refractivity contribution in [2.75, 3.05) is 32.9 Å². The molecule has 164 valence electrons. The van der Waals surface area contributed by atoms with Gasteiger partial charge in [-0.05, 0) is 35.4 Å². The van der Waals surface area contributed by atoms with E-state index in [1.54, 1.807) is 29.2 Å². The van der Waals surface area contributed by atoms with Crippen LogP contribution in [-0.2, 0) is 11.2 Å². The summed E-state index contributed by atoms with van der Waals surface area (Å²) < 4.78 is 11.4. The monoisotopic (exact) mass is 430 g/mol. The molecule has 1 aliphatic rings. The maximum atomic E-state index is 13.0. The van der Waals surface area contributed by atoms with Gasteiger partial charge in [0.2, 0.25) is 5.91 Å². The minimum atomic E-state index is -0.543. The summed E-state index contributed by atoms with van der Waals surface area (Å²) in [5.41, 5.74) is 9.07. The van der Waals surface area contributed by atoms with Crippen LogP contribution in [0.2, 0.25) is 0 Å². The quantitative estimate of drug-likeness (QED) is 0.622. The van der Waals surface area contributed by atoms with Crippen molar-refractivity contribution in [3.63, 3.8) is 0 Å². The molecule has 0 aliphatic carbocycles. The van der Waals surface area contributed by atoms with Gasteiger partial charge in [0.15, 0.2) is 0 Å². The van der Waals surface area contributed by atoms with Gasteiger partial charge in [0.05, 0.1) is 25.4 Å². The average Bonchev–Trinajstić information content (AvgIpc) is 2.84. The molecule has 3 aromatic carbocycles. The smallest absolute Gasteiger partial charge is 0.254 e. The predicted molar refractivity (Wildman–Crippen MR) is 123 cm³/mol. The Morgan fingerprint density at radius 1 is 0.938 bits per heavy atom. The second kappa shape index (κ2) is 10.1. The molecule has 0 bridgehead atoms. The van der Waals surface area contributed by atoms with Crippen LogP contribution in [0.25, 0.3) is 11.1 Å². The number of rotatable bonds is 7. The van der Waals surface area contributed by atoms with Crippen LogP contribution in [0.1, 0.15) is 26.3 Å². The first-order chi connectivity index (χ1) is 15.6. The first-order valence-corrected chi connectivity index (χ1v) is 10.7. The lowest BCUT2D eigenvalue weighted by Gasteiger charge is -2.27. The molecule has 6 heteroatoms. The Kier molecular flexibility index (Phi) is 6.82. The van der Waals surface area contributed by atoms with E-state index in [-0.39, 0.29) is 5.91 Å². The number of amides is 2. The summed E-state index contributed by atoms with van der Waals surface area (Å²) in [6.07, 6.45) is 0.733. The number of nitrogens with two attached hydrogens (primary N) is 1. The van der Waals surface area contributed by atoms with Crippen LogP contribution in [0.3, 0.4) is 0 Å². The zero-order chi connectivity index (χ0) is 22.3. The fourth-order valence-corrected chi connectivity index (χ4v) is 3.83. The van der Waals surface area contributed by atoms with E-state index in [1.807, 2.05) is 48.5 Å². The molecule has 0 saturated carbocycles. The van der Waals surface area contributed by atoms with Crippen molar-refractivity contribution in [3.8, 4) is 16.9 Å². The van der Waals surface area contributed by atoms with Crippen molar-refractivity contribution < 1.29 is 19.1 Å². The lowest BCUT2D eigenvalue weighted by molar-refractivity contribution is 0.0303. The molecular formula is C26H26N2O4. The fourth-order valence-electron chi connectivity index (χ4n) is 3.83. The summed E-state index contributed by atoms with van der Waals surface area (Å²) in [4.78, 5) is 26.9. The number of primary amides is 1. The SMILES string of the molecule is NC(=O)c1cccc(OCCc2ccccc2)c1-c1cccc(C(=O)N2CCOCC2)c1. The molecule has 0 atom stereocenters. The van der Waals surface area contributed by atoms with E-state index in [4.69, 9.17) is 15.2 Å². The van der Waals surface area contributed by atoms with Crippen molar-refractivity contribution >= 4 is 11.8 Å². The predicted octanol–water partition coefficient (Wildman–Crippen LogP) is 3.55. The Balaban J connectivity index is 1.62. The molecule has 0 spiro atoms. The van der Waals surface area contributed by atoms with Crippen LogP contribution in [0.5, 0.6) is 5.75 Å². The molecule has 2 N–H and O–H groups in total. The molecule has 6 nitrogen and oxygen atoms in total. The Hall–Kier alpha value is -3.64. The number of carbonyl (C=O) groups excluding carboxylic acids is 2. The van der Waals surface area contributed by atoms with E-state index in [9.17, 15) is 9.59 Å². The van der Waals surface area contributed by atoms with Crippen molar-refractivity contribution in [1.82, 2.24) is 4.90 Å². The lowest BCUT2D eigenvalue weighted by atomic mass is 9.96. The Morgan fingerprint density at radius 3 is 2.44 bits per heavy atom. The van der Waals surface area contributed by atoms with Gasteiger partial charge in [-0.2, -0.15) is 0 Å². The summed E-state index contributed by atoms with van der Waals surface area (Å²) in [5.74, 6) is -0.0372. The molecule has 3 aromatic rings. The number of carbonyl (C=O) groups is 2. The second-order valence-electron chi connectivity index (χ2n) is 7.61. The Bertz CT molecular complexity index is 1090. The van der Waals surface area contributed by atoms with Gasteiger partial charge in [-0.15, -0.1) is 0 Å². The van der Waals surface area contributed by atoms with E-state index < -0.39 is 5.91 Å². The fraction of sp³-hybridized carbons (Fsp3) is 0.231. The van der Waals surface area contributed by atoms with Crippen molar-refractivity contribution in [2.45, 2.75) is 6.42 Å². The van der Waals surface area contributed by atoms with Gasteiger partial charge in [-0.25, -0.2) is 0 Å². The number of hydrogen-bond acceptors (Lipinski definition) is 4. The molecule has 0 unspecified atom stereocenters. The zero-order valence-corrected chi connectivity index (χ0v) is 17.8. The van der Waals surface area contributed by atoms with Gasteiger partial charge in [-0.3, -0.25) is 9.59 Å². The van der Waals surface area contributed by atoms with Gasteiger partial charge < -0.3 is 20.1 Å². The number of benzene rings is 3. The van der Waals surface area contributed by atoms with E-state index in [2.05, 4.69) is 0 Å². The van der Waals surface area contributed by atoms with Gasteiger partial charge in [0, 0.05) is 30.6 Å². The molecule has 1 aliphatic heterocycles. The maximum Gasteiger partial charge on any atom is 0.254 e. The van der Waals surface area contributed by atoms with Gasteiger partial charge in [0.25, 0.3) is 5.91 Å². The summed E-state index contributed by atoms with van der Waals surface area (Å²) in [7, 11) is 0. The van der Waals surface area contributed by atoms with Crippen LogP contribution in [0, 0.1) is 0 Å². The van der Waals surface area contributed by atoms with Gasteiger partial charge in [-0.1, -0.05) is 48.5 Å². The van der Waals surface area contributed by atoms with E-state index >= 15 is 0 Å². The van der Waals surface area contributed by atoms with Crippen molar-refractivity contribution in [1.29, 1.82) is 0 Å². The number of nitrogens with zero attached hydrogens (tertiary/aromatic N) is 1. The molecule has 0 radical (unpaired) electrons. The first-order valence-electron chi connectivity index (χ1n) is 10.7. The maximum absolute atomic E-state index is 13.0. The number of hydrogen-bond donors (Lipinski definition) is 1. The van der Waals surface area contributed by atoms with Gasteiger partial charge in [0.1, 0.15) is 5.75 Å². The third-order valence-corrected chi connectivity index (χ3v) is 5.48. The van der Waals surface area contributed by atoms with Crippen LogP contribution in [-0.4, -0.2) is 49.6 Å². The average molecular weight is 431 g/mol. The second-order valence-corrected chi connectivity index (χ2v) is 7.61. The van der Waals surface area contributed by atoms with Crippen LogP contribution in [0.15, 0.2) is 72.8 Å². The molecule has 32 heavy (non-hydrogen) atoms. The highest BCUT2D eigenvalue weighted by Gasteiger charge is 2.21. The van der Waals surface area contributed by atoms with Crippen LogP contribution >= 0.6 is 0 Å². The number of ether oxygens (including phenoxy) is 2. The van der Waals surface area contributed by atoms with Crippen LogP contribution in [0.4, 0.5) is 0 Å². The topological polar surface area (TPSA) is 81.9 Å². The van der Waals surface area contributed by atoms with Crippen molar-refractivity contribution in [3.05, 3.63) is 89.5 Å². The van der Waals surface area contributed by atoms with Gasteiger partial charge >= 0.3 is 0 Å². The summed E-state index contributed by atoms with van der Waals surface area (Å²) in [5, 5.41) is 0. The van der Waals surface area contributed by atoms with Crippen LogP contribution < -0.4 is 10.5 Å². The highest BCUT2D eigenvalue weighted by Crippen LogP contribution is 2.34. The highest BCUT2D eigenvalue weighted by atomic mass is 16.5. The van der Waals surface area contributed by atoms with E-state index in [0.29, 0.717) is 60.9 Å². The zero-order valence-electron chi connectivity index (χ0n) is 17.8. The third kappa shape index (κ3) is 4.98. The standard InChI is InChI=1S/C26H26N2O4/c27-25(29)22-10-5-11-23(32-15-12-19-6-2-1-3-7-19)24(22)20-8-4-9-21(18-20)26(30)28-13-16-31-17-14-28/h1-11,18H,12-17H2,(H2,27,29). The molecule has 4 rings (SSSR count). The summed E-state index contributed by atoms with van der Waals surface area (Å²) in [6.45, 7) is 2.65.